The number of rotatable bonds is 9. The molecule has 2 aliphatic heterocycles. The quantitative estimate of drug-likeness (QED) is 0.195. The maximum Gasteiger partial charge on any atom is 0.413 e. The van der Waals surface area contributed by atoms with E-state index < -0.39 is 51.0 Å². The third kappa shape index (κ3) is 6.22. The standard InChI is InChI=1S/C26H26N4O9S/c1-15(31)27-25(35)39-14-26(2)21(24(34)38-13-17-8-10-18(11-9-17)30(36)37)29-22(33)20(23(29)40-26)28-19(32)12-16-6-4-3-5-7-16/h3-11,20-21,23H,12-14H2,1-2H3,(H,28,32)(H,27,31,35)/t20-,21+,23?,26+/m1/s1. The van der Waals surface area contributed by atoms with E-state index in [0.29, 0.717) is 5.56 Å². The van der Waals surface area contributed by atoms with Crippen LogP contribution in [0.2, 0.25) is 0 Å². The van der Waals surface area contributed by atoms with E-state index in [2.05, 4.69) is 5.32 Å². The molecule has 0 aromatic heterocycles. The summed E-state index contributed by atoms with van der Waals surface area (Å²) in [6.07, 6.45) is -0.950. The van der Waals surface area contributed by atoms with E-state index in [-0.39, 0.29) is 31.2 Å². The second kappa shape index (κ2) is 11.7. The summed E-state index contributed by atoms with van der Waals surface area (Å²) in [5.74, 6) is -2.27. The molecule has 4 amide bonds. The molecular formula is C26H26N4O9S. The molecule has 4 atom stereocenters. The van der Waals surface area contributed by atoms with Gasteiger partial charge in [-0.15, -0.1) is 11.8 Å². The molecule has 40 heavy (non-hydrogen) atoms. The van der Waals surface area contributed by atoms with E-state index in [1.54, 1.807) is 31.2 Å². The molecule has 0 radical (unpaired) electrons. The third-order valence-electron chi connectivity index (χ3n) is 6.37. The van der Waals surface area contributed by atoms with Crippen LogP contribution < -0.4 is 10.6 Å². The Balaban J connectivity index is 1.47. The summed E-state index contributed by atoms with van der Waals surface area (Å²) in [6.45, 7) is 2.19. The minimum absolute atomic E-state index is 0.0638. The molecule has 2 aromatic rings. The molecule has 2 fully saturated rings. The molecule has 13 nitrogen and oxygen atoms in total. The first-order valence-electron chi connectivity index (χ1n) is 12.2. The fraction of sp³-hybridized carbons (Fsp3) is 0.346. The lowest BCUT2D eigenvalue weighted by molar-refractivity contribution is -0.384. The van der Waals surface area contributed by atoms with Gasteiger partial charge in [-0.3, -0.25) is 29.8 Å². The van der Waals surface area contributed by atoms with Gasteiger partial charge in [0.25, 0.3) is 5.69 Å². The largest absolute Gasteiger partial charge is 0.459 e. The van der Waals surface area contributed by atoms with Crippen molar-refractivity contribution in [3.8, 4) is 0 Å². The Kier molecular flexibility index (Phi) is 8.38. The zero-order chi connectivity index (χ0) is 29.0. The number of benzene rings is 2. The van der Waals surface area contributed by atoms with Gasteiger partial charge in [-0.1, -0.05) is 30.3 Å². The van der Waals surface area contributed by atoms with E-state index in [4.69, 9.17) is 9.47 Å². The Bertz CT molecular complexity index is 1340. The number of fused-ring (bicyclic) bond motifs is 1. The van der Waals surface area contributed by atoms with Gasteiger partial charge >= 0.3 is 12.1 Å². The second-order valence-corrected chi connectivity index (χ2v) is 11.1. The number of hydrogen-bond acceptors (Lipinski definition) is 10. The van der Waals surface area contributed by atoms with Crippen LogP contribution >= 0.6 is 11.8 Å². The van der Waals surface area contributed by atoms with Crippen LogP contribution in [-0.2, 0) is 41.7 Å². The van der Waals surface area contributed by atoms with Crippen molar-refractivity contribution in [2.45, 2.75) is 49.1 Å². The van der Waals surface area contributed by atoms with Gasteiger partial charge in [-0.05, 0) is 30.2 Å². The van der Waals surface area contributed by atoms with Crippen molar-refractivity contribution >= 4 is 47.2 Å². The fourth-order valence-electron chi connectivity index (χ4n) is 4.47. The normalized spacial score (nSPS) is 22.9. The number of nitrogens with one attached hydrogen (secondary N) is 2. The lowest BCUT2D eigenvalue weighted by Crippen LogP contribution is -2.71. The molecule has 0 bridgehead atoms. The predicted molar refractivity (Wildman–Crippen MR) is 141 cm³/mol. The summed E-state index contributed by atoms with van der Waals surface area (Å²) in [6, 6.07) is 12.4. The Hall–Kier alpha value is -4.46. The Morgan fingerprint density at radius 2 is 1.73 bits per heavy atom. The molecule has 2 saturated heterocycles. The van der Waals surface area contributed by atoms with Crippen molar-refractivity contribution < 1.29 is 38.4 Å². The molecule has 2 aliphatic rings. The zero-order valence-corrected chi connectivity index (χ0v) is 22.3. The number of non-ortho nitro benzene ring substituents is 1. The first-order valence-corrected chi connectivity index (χ1v) is 13.0. The number of amides is 4. The molecule has 0 saturated carbocycles. The van der Waals surface area contributed by atoms with Gasteiger partial charge in [0.1, 0.15) is 30.7 Å². The van der Waals surface area contributed by atoms with Gasteiger partial charge in [0.05, 0.1) is 16.1 Å². The summed E-state index contributed by atoms with van der Waals surface area (Å²) in [5, 5.41) is 15.0. The molecular weight excluding hydrogens is 544 g/mol. The van der Waals surface area contributed by atoms with Gasteiger partial charge in [0.15, 0.2) is 0 Å². The highest BCUT2D eigenvalue weighted by molar-refractivity contribution is 8.01. The van der Waals surface area contributed by atoms with E-state index in [1.807, 2.05) is 11.4 Å². The number of nitro benzene ring substituents is 1. The number of β-lactam (4-membered cyclic amide) rings is 1. The number of carbonyl (C=O) groups is 5. The number of carbonyl (C=O) groups excluding carboxylic acids is 5. The van der Waals surface area contributed by atoms with Crippen molar-refractivity contribution in [3.05, 3.63) is 75.8 Å². The highest BCUT2D eigenvalue weighted by atomic mass is 32.2. The SMILES string of the molecule is CC(=O)NC(=O)OC[C@]1(C)SC2[C@H](NC(=O)Cc3ccccc3)C(=O)N2[C@H]1C(=O)OCc1ccc([N+](=O)[O-])cc1. The highest BCUT2D eigenvalue weighted by Gasteiger charge is 2.66. The lowest BCUT2D eigenvalue weighted by Gasteiger charge is -2.44. The number of esters is 1. The molecule has 2 N–H and O–H groups in total. The van der Waals surface area contributed by atoms with Gasteiger partial charge in [0, 0.05) is 19.1 Å². The van der Waals surface area contributed by atoms with Crippen LogP contribution in [0, 0.1) is 10.1 Å². The van der Waals surface area contributed by atoms with Crippen LogP contribution in [-0.4, -0.2) is 68.4 Å². The van der Waals surface area contributed by atoms with E-state index >= 15 is 0 Å². The van der Waals surface area contributed by atoms with Gasteiger partial charge in [0.2, 0.25) is 17.7 Å². The van der Waals surface area contributed by atoms with Crippen molar-refractivity contribution in [2.24, 2.45) is 0 Å². The first kappa shape index (κ1) is 28.5. The van der Waals surface area contributed by atoms with Crippen molar-refractivity contribution in [3.63, 3.8) is 0 Å². The lowest BCUT2D eigenvalue weighted by atomic mass is 9.95. The van der Waals surface area contributed by atoms with Gasteiger partial charge in [-0.25, -0.2) is 9.59 Å². The smallest absolute Gasteiger partial charge is 0.413 e. The topological polar surface area (TPSA) is 174 Å². The summed E-state index contributed by atoms with van der Waals surface area (Å²) >= 11 is 1.17. The van der Waals surface area contributed by atoms with E-state index in [1.165, 1.54) is 40.9 Å². The first-order chi connectivity index (χ1) is 19.0. The number of nitro groups is 1. The molecule has 0 spiro atoms. The summed E-state index contributed by atoms with van der Waals surface area (Å²) in [4.78, 5) is 73.9. The maximum atomic E-state index is 13.3. The van der Waals surface area contributed by atoms with Gasteiger partial charge < -0.3 is 19.7 Å². The Labute approximate surface area is 232 Å². The predicted octanol–water partition coefficient (Wildman–Crippen LogP) is 1.68. The van der Waals surface area contributed by atoms with E-state index in [0.717, 1.165) is 12.5 Å². The van der Waals surface area contributed by atoms with Crippen LogP contribution in [0.25, 0.3) is 0 Å². The third-order valence-corrected chi connectivity index (χ3v) is 7.99. The van der Waals surface area contributed by atoms with Crippen LogP contribution in [0.4, 0.5) is 10.5 Å². The molecule has 1 unspecified atom stereocenters. The monoisotopic (exact) mass is 570 g/mol. The number of thioether (sulfide) groups is 1. The summed E-state index contributed by atoms with van der Waals surface area (Å²) in [7, 11) is 0. The Morgan fingerprint density at radius 1 is 1.05 bits per heavy atom. The molecule has 2 aromatic carbocycles. The maximum absolute atomic E-state index is 13.3. The molecule has 210 valence electrons. The van der Waals surface area contributed by atoms with Crippen molar-refractivity contribution in [2.75, 3.05) is 6.61 Å². The van der Waals surface area contributed by atoms with Crippen LogP contribution in [0.15, 0.2) is 54.6 Å². The van der Waals surface area contributed by atoms with E-state index in [9.17, 15) is 34.1 Å². The number of alkyl carbamates (subject to hydrolysis) is 1. The van der Waals surface area contributed by atoms with Crippen LogP contribution in [0.1, 0.15) is 25.0 Å². The van der Waals surface area contributed by atoms with Crippen LogP contribution in [0.3, 0.4) is 0 Å². The number of nitrogens with zero attached hydrogens (tertiary/aromatic N) is 2. The fourth-order valence-corrected chi connectivity index (χ4v) is 6.15. The molecule has 0 aliphatic carbocycles. The Morgan fingerprint density at radius 3 is 2.35 bits per heavy atom. The minimum atomic E-state index is -1.18. The second-order valence-electron chi connectivity index (χ2n) is 9.47. The minimum Gasteiger partial charge on any atom is -0.459 e. The molecule has 2 heterocycles. The number of imide groups is 1. The number of ether oxygens (including phenoxy) is 2. The van der Waals surface area contributed by atoms with Gasteiger partial charge in [-0.2, -0.15) is 0 Å². The molecule has 14 heteroatoms. The average molecular weight is 571 g/mol. The zero-order valence-electron chi connectivity index (χ0n) is 21.5. The molecule has 4 rings (SSSR count). The average Bonchev–Trinajstić information content (AvgIpc) is 3.19. The van der Waals surface area contributed by atoms with Crippen LogP contribution in [0.5, 0.6) is 0 Å². The van der Waals surface area contributed by atoms with Crippen molar-refractivity contribution in [1.29, 1.82) is 0 Å². The number of hydrogen-bond donors (Lipinski definition) is 2. The highest BCUT2D eigenvalue weighted by Crippen LogP contribution is 2.51. The summed E-state index contributed by atoms with van der Waals surface area (Å²) in [5.41, 5.74) is 1.14. The summed E-state index contributed by atoms with van der Waals surface area (Å²) < 4.78 is 9.47. The van der Waals surface area contributed by atoms with Crippen molar-refractivity contribution in [1.82, 2.24) is 15.5 Å².